The van der Waals surface area contributed by atoms with Gasteiger partial charge >= 0.3 is 7.12 Å². The molecule has 4 aromatic rings. The number of hydrogen-bond donors (Lipinski definition) is 4. The summed E-state index contributed by atoms with van der Waals surface area (Å²) < 4.78 is 1.62. The van der Waals surface area contributed by atoms with Crippen molar-refractivity contribution in [3.8, 4) is 5.95 Å². The minimum Gasteiger partial charge on any atom is -0.423 e. The predicted molar refractivity (Wildman–Crippen MR) is 106 cm³/mol. The van der Waals surface area contributed by atoms with E-state index in [9.17, 15) is 10.0 Å². The van der Waals surface area contributed by atoms with Gasteiger partial charge in [-0.05, 0) is 22.7 Å². The number of hydrogen-bond acceptors (Lipinski definition) is 8. The van der Waals surface area contributed by atoms with E-state index in [-0.39, 0.29) is 0 Å². The van der Waals surface area contributed by atoms with Crippen molar-refractivity contribution in [1.82, 2.24) is 25.0 Å². The molecule has 0 amide bonds. The van der Waals surface area contributed by atoms with Gasteiger partial charge in [0, 0.05) is 18.5 Å². The highest BCUT2D eigenvalue weighted by molar-refractivity contribution is 6.58. The molecular weight excluding hydrogens is 357 g/mol. The van der Waals surface area contributed by atoms with Gasteiger partial charge in [0.1, 0.15) is 0 Å². The third-order valence-corrected chi connectivity index (χ3v) is 4.38. The van der Waals surface area contributed by atoms with Crippen LogP contribution in [0.25, 0.3) is 16.9 Å². The Labute approximate surface area is 161 Å². The van der Waals surface area contributed by atoms with Gasteiger partial charge < -0.3 is 21.1 Å². The summed E-state index contributed by atoms with van der Waals surface area (Å²) in [4.78, 5) is 4.48. The van der Waals surface area contributed by atoms with E-state index < -0.39 is 7.12 Å². The largest absolute Gasteiger partial charge is 0.488 e. The van der Waals surface area contributed by atoms with Crippen molar-refractivity contribution < 1.29 is 10.0 Å². The number of benzene rings is 2. The third kappa shape index (κ3) is 3.56. The summed E-state index contributed by atoms with van der Waals surface area (Å²) in [6, 6.07) is 12.8. The van der Waals surface area contributed by atoms with Crippen LogP contribution in [-0.4, -0.2) is 42.1 Å². The van der Waals surface area contributed by atoms with Gasteiger partial charge in [-0.2, -0.15) is 19.9 Å². The van der Waals surface area contributed by atoms with Crippen LogP contribution in [0.1, 0.15) is 11.1 Å². The Morgan fingerprint density at radius 1 is 1.11 bits per heavy atom. The lowest BCUT2D eigenvalue weighted by Gasteiger charge is -2.08. The van der Waals surface area contributed by atoms with Crippen molar-refractivity contribution in [2.75, 3.05) is 5.32 Å². The zero-order chi connectivity index (χ0) is 19.5. The molecule has 10 heteroatoms. The average Bonchev–Trinajstić information content (AvgIpc) is 3.17. The predicted octanol–water partition coefficient (Wildman–Crippen LogP) is -0.0389. The van der Waals surface area contributed by atoms with Crippen LogP contribution in [0.5, 0.6) is 0 Å². The summed E-state index contributed by atoms with van der Waals surface area (Å²) >= 11 is 0. The lowest BCUT2D eigenvalue weighted by Crippen LogP contribution is -2.30. The van der Waals surface area contributed by atoms with Crippen LogP contribution in [0.3, 0.4) is 0 Å². The van der Waals surface area contributed by atoms with E-state index in [1.165, 1.54) is 6.20 Å². The molecule has 0 aliphatic carbocycles. The summed E-state index contributed by atoms with van der Waals surface area (Å²) in [5.74, 6) is 0.868. The summed E-state index contributed by atoms with van der Waals surface area (Å²) in [7, 11) is -1.50. The first-order valence-corrected chi connectivity index (χ1v) is 8.70. The minimum absolute atomic E-state index is 0.341. The van der Waals surface area contributed by atoms with Crippen molar-refractivity contribution in [1.29, 1.82) is 0 Å². The van der Waals surface area contributed by atoms with Crippen molar-refractivity contribution in [2.45, 2.75) is 13.1 Å². The zero-order valence-corrected chi connectivity index (χ0v) is 14.9. The Bertz CT molecular complexity index is 1120. The molecule has 0 fully saturated rings. The molecule has 9 nitrogen and oxygen atoms in total. The Morgan fingerprint density at radius 3 is 2.79 bits per heavy atom. The van der Waals surface area contributed by atoms with E-state index in [1.807, 2.05) is 24.3 Å². The first-order valence-electron chi connectivity index (χ1n) is 8.70. The maximum absolute atomic E-state index is 9.29. The van der Waals surface area contributed by atoms with Gasteiger partial charge in [0.05, 0.1) is 17.9 Å². The van der Waals surface area contributed by atoms with E-state index in [0.717, 1.165) is 22.0 Å². The molecule has 2 aromatic heterocycles. The first kappa shape index (κ1) is 18.0. The van der Waals surface area contributed by atoms with Crippen molar-refractivity contribution in [3.63, 3.8) is 0 Å². The van der Waals surface area contributed by atoms with Gasteiger partial charge in [-0.3, -0.25) is 0 Å². The molecule has 28 heavy (non-hydrogen) atoms. The summed E-state index contributed by atoms with van der Waals surface area (Å²) in [6.45, 7) is 0.862. The molecule has 0 spiro atoms. The quantitative estimate of drug-likeness (QED) is 0.345. The molecule has 0 radical (unpaired) electrons. The lowest BCUT2D eigenvalue weighted by atomic mass is 9.80. The molecule has 0 atom stereocenters. The molecule has 2 aromatic carbocycles. The Hall–Kier alpha value is -3.34. The van der Waals surface area contributed by atoms with Crippen LogP contribution < -0.4 is 16.5 Å². The number of rotatable bonds is 6. The van der Waals surface area contributed by atoms with Gasteiger partial charge in [-0.15, -0.1) is 5.10 Å². The second-order valence-electron chi connectivity index (χ2n) is 6.22. The highest BCUT2D eigenvalue weighted by atomic mass is 16.4. The Morgan fingerprint density at radius 2 is 1.96 bits per heavy atom. The molecule has 140 valence electrons. The van der Waals surface area contributed by atoms with E-state index in [2.05, 4.69) is 25.6 Å². The lowest BCUT2D eigenvalue weighted by molar-refractivity contribution is 0.425. The van der Waals surface area contributed by atoms with Gasteiger partial charge in [-0.25, -0.2) is 0 Å². The van der Waals surface area contributed by atoms with E-state index in [4.69, 9.17) is 5.73 Å². The molecule has 0 bridgehead atoms. The van der Waals surface area contributed by atoms with Gasteiger partial charge in [0.2, 0.25) is 0 Å². The number of nitrogens with zero attached hydrogens (tertiary/aromatic N) is 5. The molecule has 0 aliphatic heterocycles. The van der Waals surface area contributed by atoms with E-state index in [1.54, 1.807) is 29.1 Å². The number of anilines is 1. The zero-order valence-electron chi connectivity index (χ0n) is 14.9. The molecular formula is C18H18BN7O2. The van der Waals surface area contributed by atoms with Crippen LogP contribution in [0.15, 0.2) is 54.9 Å². The van der Waals surface area contributed by atoms with Crippen molar-refractivity contribution in [2.24, 2.45) is 5.73 Å². The number of nitrogens with one attached hydrogen (secondary N) is 1. The Kier molecular flexibility index (Phi) is 4.98. The Balaban J connectivity index is 1.58. The van der Waals surface area contributed by atoms with Gasteiger partial charge in [0.25, 0.3) is 5.95 Å². The fourth-order valence-electron chi connectivity index (χ4n) is 2.97. The van der Waals surface area contributed by atoms with Gasteiger partial charge in [-0.1, -0.05) is 36.4 Å². The summed E-state index contributed by atoms with van der Waals surface area (Å²) in [5, 5.41) is 35.2. The minimum atomic E-state index is -1.50. The smallest absolute Gasteiger partial charge is 0.423 e. The first-order chi connectivity index (χ1) is 13.7. The molecule has 0 unspecified atom stereocenters. The third-order valence-electron chi connectivity index (χ3n) is 4.38. The molecule has 0 aliphatic rings. The topological polar surface area (TPSA) is 135 Å². The molecule has 2 heterocycles. The molecule has 0 saturated carbocycles. The SMILES string of the molecule is NCc1cccc2c1cnn2-c1nncc(NCc2cccc(B(O)O)c2)n1. The van der Waals surface area contributed by atoms with Crippen molar-refractivity contribution in [3.05, 3.63) is 66.0 Å². The summed E-state index contributed by atoms with van der Waals surface area (Å²) in [6.07, 6.45) is 3.26. The summed E-state index contributed by atoms with van der Waals surface area (Å²) in [5.41, 5.74) is 8.95. The van der Waals surface area contributed by atoms with Crippen molar-refractivity contribution >= 4 is 29.3 Å². The molecule has 0 saturated heterocycles. The van der Waals surface area contributed by atoms with Crippen LogP contribution in [0.2, 0.25) is 0 Å². The fraction of sp³-hybridized carbons (Fsp3) is 0.111. The standard InChI is InChI=1S/C18H18BN7O2/c20-8-13-4-2-6-16-15(13)10-23-26(16)18-24-17(11-22-25-18)21-9-12-3-1-5-14(7-12)19(27)28/h1-7,10-11,27-28H,8-9,20H2,(H,21,24,25). The second kappa shape index (κ2) is 7.73. The fourth-order valence-corrected chi connectivity index (χ4v) is 2.97. The van der Waals surface area contributed by atoms with E-state index in [0.29, 0.717) is 30.3 Å². The normalized spacial score (nSPS) is 11.0. The van der Waals surface area contributed by atoms with Crippen LogP contribution in [0.4, 0.5) is 5.82 Å². The van der Waals surface area contributed by atoms with Gasteiger partial charge in [0.15, 0.2) is 5.82 Å². The highest BCUT2D eigenvalue weighted by Gasteiger charge is 2.12. The number of nitrogens with two attached hydrogens (primary N) is 1. The van der Waals surface area contributed by atoms with Crippen LogP contribution in [0, 0.1) is 0 Å². The van der Waals surface area contributed by atoms with E-state index >= 15 is 0 Å². The maximum atomic E-state index is 9.29. The maximum Gasteiger partial charge on any atom is 0.488 e. The molecule has 5 N–H and O–H groups in total. The highest BCUT2D eigenvalue weighted by Crippen LogP contribution is 2.20. The monoisotopic (exact) mass is 375 g/mol. The molecule has 4 rings (SSSR count). The number of aromatic nitrogens is 5. The van der Waals surface area contributed by atoms with Crippen LogP contribution >= 0.6 is 0 Å². The van der Waals surface area contributed by atoms with Crippen LogP contribution in [-0.2, 0) is 13.1 Å². The number of fused-ring (bicyclic) bond motifs is 1. The second-order valence-corrected chi connectivity index (χ2v) is 6.22. The average molecular weight is 375 g/mol.